The summed E-state index contributed by atoms with van der Waals surface area (Å²) >= 11 is 5.82. The summed E-state index contributed by atoms with van der Waals surface area (Å²) in [5.41, 5.74) is 1.31. The van der Waals surface area contributed by atoms with Gasteiger partial charge < -0.3 is 5.32 Å². The van der Waals surface area contributed by atoms with Gasteiger partial charge in [-0.2, -0.15) is 5.10 Å². The van der Waals surface area contributed by atoms with E-state index < -0.39 is 5.82 Å². The number of hydrogen-bond acceptors (Lipinski definition) is 2. The highest BCUT2D eigenvalue weighted by molar-refractivity contribution is 6.33. The minimum Gasteiger partial charge on any atom is -0.325 e. The fourth-order valence-electron chi connectivity index (χ4n) is 1.61. The molecule has 1 amide bonds. The fraction of sp³-hybridized carbons (Fsp3) is 0.231. The first-order valence-electron chi connectivity index (χ1n) is 5.79. The zero-order valence-electron chi connectivity index (χ0n) is 10.4. The lowest BCUT2D eigenvalue weighted by Crippen LogP contribution is -2.15. The molecule has 1 aromatic carbocycles. The van der Waals surface area contributed by atoms with Crippen LogP contribution in [0.25, 0.3) is 0 Å². The van der Waals surface area contributed by atoms with Crippen LogP contribution >= 0.6 is 11.6 Å². The number of hydrogen-bond donors (Lipinski definition) is 1. The highest BCUT2D eigenvalue weighted by Gasteiger charge is 2.07. The minimum atomic E-state index is -0.435. The number of carbonyl (C=O) groups excluding carboxylic acids is 1. The fourth-order valence-corrected chi connectivity index (χ4v) is 1.82. The number of benzene rings is 1. The van der Waals surface area contributed by atoms with Gasteiger partial charge >= 0.3 is 0 Å². The highest BCUT2D eigenvalue weighted by Crippen LogP contribution is 2.22. The summed E-state index contributed by atoms with van der Waals surface area (Å²) < 4.78 is 14.5. The van der Waals surface area contributed by atoms with Crippen molar-refractivity contribution in [1.82, 2.24) is 9.78 Å². The molecule has 1 heterocycles. The van der Waals surface area contributed by atoms with Crippen molar-refractivity contribution in [3.05, 3.63) is 47.0 Å². The molecule has 0 saturated heterocycles. The number of rotatable bonds is 4. The summed E-state index contributed by atoms with van der Waals surface area (Å²) in [6.07, 6.45) is 2.09. The largest absolute Gasteiger partial charge is 0.325 e. The maximum atomic E-state index is 12.8. The summed E-state index contributed by atoms with van der Waals surface area (Å²) in [6.45, 7) is 2.37. The summed E-state index contributed by atoms with van der Waals surface area (Å²) in [6, 6.07) is 5.72. The third-order valence-electron chi connectivity index (χ3n) is 2.55. The standard InChI is InChI=1S/C13H13ClFN3O/c1-9-4-6-18(17-9)7-5-13(19)16-12-3-2-10(15)8-11(12)14/h2-4,6,8H,5,7H2,1H3,(H,16,19). The number of halogens is 2. The van der Waals surface area contributed by atoms with Gasteiger partial charge in [0.2, 0.25) is 5.91 Å². The van der Waals surface area contributed by atoms with Gasteiger partial charge in [-0.3, -0.25) is 9.48 Å². The van der Waals surface area contributed by atoms with Crippen molar-refractivity contribution in [2.24, 2.45) is 0 Å². The molecule has 4 nitrogen and oxygen atoms in total. The Balaban J connectivity index is 1.90. The first kappa shape index (κ1) is 13.5. The van der Waals surface area contributed by atoms with Gasteiger partial charge in [0.1, 0.15) is 5.82 Å². The molecule has 0 radical (unpaired) electrons. The number of aromatic nitrogens is 2. The van der Waals surface area contributed by atoms with E-state index in [0.717, 1.165) is 11.8 Å². The van der Waals surface area contributed by atoms with Crippen molar-refractivity contribution in [1.29, 1.82) is 0 Å². The average Bonchev–Trinajstić information content (AvgIpc) is 2.76. The van der Waals surface area contributed by atoms with Gasteiger partial charge in [-0.15, -0.1) is 0 Å². The lowest BCUT2D eigenvalue weighted by atomic mass is 10.3. The van der Waals surface area contributed by atoms with Crippen LogP contribution in [-0.4, -0.2) is 15.7 Å². The van der Waals surface area contributed by atoms with Crippen LogP contribution in [0.4, 0.5) is 10.1 Å². The molecule has 0 unspecified atom stereocenters. The summed E-state index contributed by atoms with van der Waals surface area (Å²) in [4.78, 5) is 11.7. The maximum Gasteiger partial charge on any atom is 0.226 e. The van der Waals surface area contributed by atoms with Crippen LogP contribution in [0.15, 0.2) is 30.5 Å². The normalized spacial score (nSPS) is 10.5. The molecule has 0 aliphatic carbocycles. The van der Waals surface area contributed by atoms with E-state index in [1.807, 2.05) is 19.2 Å². The first-order valence-corrected chi connectivity index (χ1v) is 6.17. The molecule has 1 N–H and O–H groups in total. The monoisotopic (exact) mass is 281 g/mol. The Hall–Kier alpha value is -1.88. The van der Waals surface area contributed by atoms with Crippen LogP contribution in [0.2, 0.25) is 5.02 Å². The Morgan fingerprint density at radius 2 is 2.26 bits per heavy atom. The van der Waals surface area contributed by atoms with Crippen LogP contribution in [0.1, 0.15) is 12.1 Å². The van der Waals surface area contributed by atoms with E-state index in [9.17, 15) is 9.18 Å². The van der Waals surface area contributed by atoms with E-state index in [0.29, 0.717) is 12.2 Å². The summed E-state index contributed by atoms with van der Waals surface area (Å²) in [5.74, 6) is -0.628. The van der Waals surface area contributed by atoms with E-state index >= 15 is 0 Å². The molecule has 0 aliphatic heterocycles. The second-order valence-corrected chi connectivity index (χ2v) is 4.55. The van der Waals surface area contributed by atoms with Crippen molar-refractivity contribution >= 4 is 23.2 Å². The number of anilines is 1. The van der Waals surface area contributed by atoms with Crippen LogP contribution in [0, 0.1) is 12.7 Å². The second kappa shape index (κ2) is 5.84. The lowest BCUT2D eigenvalue weighted by Gasteiger charge is -2.07. The van der Waals surface area contributed by atoms with Crippen LogP contribution in [0.3, 0.4) is 0 Å². The van der Waals surface area contributed by atoms with Crippen molar-refractivity contribution in [3.8, 4) is 0 Å². The van der Waals surface area contributed by atoms with Crippen LogP contribution < -0.4 is 5.32 Å². The molecule has 2 rings (SSSR count). The van der Waals surface area contributed by atoms with Gasteiger partial charge in [0.25, 0.3) is 0 Å². The maximum absolute atomic E-state index is 12.8. The Morgan fingerprint density at radius 3 is 2.89 bits per heavy atom. The van der Waals surface area contributed by atoms with Crippen LogP contribution in [0.5, 0.6) is 0 Å². The van der Waals surface area contributed by atoms with E-state index in [2.05, 4.69) is 10.4 Å². The molecule has 1 aromatic heterocycles. The predicted octanol–water partition coefficient (Wildman–Crippen LogP) is 3.01. The zero-order valence-corrected chi connectivity index (χ0v) is 11.1. The average molecular weight is 282 g/mol. The van der Waals surface area contributed by atoms with Crippen molar-refractivity contribution < 1.29 is 9.18 Å². The van der Waals surface area contributed by atoms with Crippen molar-refractivity contribution in [2.45, 2.75) is 19.9 Å². The van der Waals surface area contributed by atoms with Gasteiger partial charge in [-0.1, -0.05) is 11.6 Å². The number of nitrogens with one attached hydrogen (secondary N) is 1. The van der Waals surface area contributed by atoms with E-state index in [-0.39, 0.29) is 17.4 Å². The number of carbonyl (C=O) groups is 1. The van der Waals surface area contributed by atoms with Gasteiger partial charge in [-0.05, 0) is 31.2 Å². The third kappa shape index (κ3) is 3.79. The molecule has 19 heavy (non-hydrogen) atoms. The predicted molar refractivity (Wildman–Crippen MR) is 71.6 cm³/mol. The van der Waals surface area contributed by atoms with Crippen molar-refractivity contribution in [3.63, 3.8) is 0 Å². The van der Waals surface area contributed by atoms with Gasteiger partial charge in [0.15, 0.2) is 0 Å². The quantitative estimate of drug-likeness (QED) is 0.936. The first-order chi connectivity index (χ1) is 9.04. The van der Waals surface area contributed by atoms with E-state index in [1.165, 1.54) is 12.1 Å². The van der Waals surface area contributed by atoms with Gasteiger partial charge in [0, 0.05) is 19.2 Å². The van der Waals surface area contributed by atoms with E-state index in [4.69, 9.17) is 11.6 Å². The second-order valence-electron chi connectivity index (χ2n) is 4.14. The molecular formula is C13H13ClFN3O. The van der Waals surface area contributed by atoms with Crippen LogP contribution in [-0.2, 0) is 11.3 Å². The lowest BCUT2D eigenvalue weighted by molar-refractivity contribution is -0.116. The summed E-state index contributed by atoms with van der Waals surface area (Å²) in [5, 5.41) is 7.00. The van der Waals surface area contributed by atoms with Crippen molar-refractivity contribution in [2.75, 3.05) is 5.32 Å². The zero-order chi connectivity index (χ0) is 13.8. The van der Waals surface area contributed by atoms with E-state index in [1.54, 1.807) is 4.68 Å². The molecular weight excluding hydrogens is 269 g/mol. The Kier molecular flexibility index (Phi) is 4.16. The Bertz CT molecular complexity index is 597. The number of aryl methyl sites for hydroxylation is 2. The molecule has 0 atom stereocenters. The molecule has 0 spiro atoms. The van der Waals surface area contributed by atoms with Gasteiger partial charge in [0.05, 0.1) is 16.4 Å². The molecule has 6 heteroatoms. The van der Waals surface area contributed by atoms with Gasteiger partial charge in [-0.25, -0.2) is 4.39 Å². The molecule has 0 aliphatic rings. The third-order valence-corrected chi connectivity index (χ3v) is 2.86. The number of nitrogens with zero attached hydrogens (tertiary/aromatic N) is 2. The smallest absolute Gasteiger partial charge is 0.226 e. The highest BCUT2D eigenvalue weighted by atomic mass is 35.5. The Labute approximate surface area is 115 Å². The molecule has 100 valence electrons. The molecule has 0 fully saturated rings. The molecule has 2 aromatic rings. The summed E-state index contributed by atoms with van der Waals surface area (Å²) in [7, 11) is 0. The SMILES string of the molecule is Cc1ccn(CCC(=O)Nc2ccc(F)cc2Cl)n1. The number of amides is 1. The Morgan fingerprint density at radius 1 is 1.47 bits per heavy atom. The minimum absolute atomic E-state index is 0.184. The topological polar surface area (TPSA) is 46.9 Å². The molecule has 0 bridgehead atoms. The molecule has 0 saturated carbocycles.